The van der Waals surface area contributed by atoms with E-state index in [1.165, 1.54) is 0 Å². The van der Waals surface area contributed by atoms with Crippen molar-refractivity contribution in [1.82, 2.24) is 9.97 Å². The van der Waals surface area contributed by atoms with Gasteiger partial charge in [0.25, 0.3) is 0 Å². The van der Waals surface area contributed by atoms with Gasteiger partial charge in [-0.25, -0.2) is 15.8 Å². The molecule has 5 nitrogen and oxygen atoms in total. The maximum atomic E-state index is 5.42. The standard InChI is InChI=1S/C13H16BrN5/c1-2-3-11-17-12(8-13(18-11)19-15)16-10-6-4-9(14)5-7-10/h4-8H,2-3,15H2,1H3,(H2,16,17,18,19). The molecule has 0 radical (unpaired) electrons. The highest BCUT2D eigenvalue weighted by molar-refractivity contribution is 9.10. The Morgan fingerprint density at radius 2 is 1.84 bits per heavy atom. The molecule has 0 spiro atoms. The van der Waals surface area contributed by atoms with Gasteiger partial charge >= 0.3 is 0 Å². The Morgan fingerprint density at radius 1 is 1.16 bits per heavy atom. The van der Waals surface area contributed by atoms with Gasteiger partial charge in [0.05, 0.1) is 0 Å². The Morgan fingerprint density at radius 3 is 2.47 bits per heavy atom. The molecule has 0 saturated carbocycles. The number of benzene rings is 1. The zero-order valence-corrected chi connectivity index (χ0v) is 12.2. The largest absolute Gasteiger partial charge is 0.340 e. The van der Waals surface area contributed by atoms with Gasteiger partial charge in [0.15, 0.2) is 0 Å². The van der Waals surface area contributed by atoms with Gasteiger partial charge in [0, 0.05) is 22.6 Å². The van der Waals surface area contributed by atoms with E-state index in [2.05, 4.69) is 43.6 Å². The molecule has 19 heavy (non-hydrogen) atoms. The number of aryl methyl sites for hydroxylation is 1. The maximum absolute atomic E-state index is 5.42. The third kappa shape index (κ3) is 3.90. The lowest BCUT2D eigenvalue weighted by atomic mass is 10.3. The fourth-order valence-electron chi connectivity index (χ4n) is 1.65. The van der Waals surface area contributed by atoms with Crippen LogP contribution < -0.4 is 16.6 Å². The van der Waals surface area contributed by atoms with E-state index in [0.717, 1.165) is 34.6 Å². The van der Waals surface area contributed by atoms with E-state index in [-0.39, 0.29) is 0 Å². The first-order valence-electron chi connectivity index (χ1n) is 6.08. The third-order valence-electron chi connectivity index (χ3n) is 2.51. The van der Waals surface area contributed by atoms with Crippen LogP contribution in [0.1, 0.15) is 19.2 Å². The highest BCUT2D eigenvalue weighted by Crippen LogP contribution is 2.19. The average Bonchev–Trinajstić information content (AvgIpc) is 2.41. The number of nitrogens with one attached hydrogen (secondary N) is 2. The maximum Gasteiger partial charge on any atom is 0.145 e. The summed E-state index contributed by atoms with van der Waals surface area (Å²) in [6.45, 7) is 2.09. The number of nitrogen functional groups attached to an aromatic ring is 1. The quantitative estimate of drug-likeness (QED) is 0.582. The van der Waals surface area contributed by atoms with E-state index in [9.17, 15) is 0 Å². The van der Waals surface area contributed by atoms with E-state index in [0.29, 0.717) is 5.82 Å². The van der Waals surface area contributed by atoms with E-state index < -0.39 is 0 Å². The second-order valence-electron chi connectivity index (χ2n) is 4.08. The van der Waals surface area contributed by atoms with Crippen molar-refractivity contribution >= 4 is 33.3 Å². The Balaban J connectivity index is 2.23. The monoisotopic (exact) mass is 321 g/mol. The zero-order valence-electron chi connectivity index (χ0n) is 10.7. The van der Waals surface area contributed by atoms with Crippen molar-refractivity contribution in [2.45, 2.75) is 19.8 Å². The minimum Gasteiger partial charge on any atom is -0.340 e. The predicted octanol–water partition coefficient (Wildman–Crippen LogP) is 3.22. The number of hydrogen-bond donors (Lipinski definition) is 3. The molecule has 0 unspecified atom stereocenters. The summed E-state index contributed by atoms with van der Waals surface area (Å²) in [5.74, 6) is 7.54. The molecule has 0 saturated heterocycles. The van der Waals surface area contributed by atoms with E-state index in [4.69, 9.17) is 5.84 Å². The van der Waals surface area contributed by atoms with Crippen molar-refractivity contribution in [3.05, 3.63) is 40.6 Å². The van der Waals surface area contributed by atoms with Crippen LogP contribution in [0.25, 0.3) is 0 Å². The van der Waals surface area contributed by atoms with Crippen LogP contribution in [0.2, 0.25) is 0 Å². The molecule has 1 aromatic carbocycles. The summed E-state index contributed by atoms with van der Waals surface area (Å²) >= 11 is 3.41. The smallest absolute Gasteiger partial charge is 0.145 e. The predicted molar refractivity (Wildman–Crippen MR) is 81.3 cm³/mol. The number of hydrazine groups is 1. The van der Waals surface area contributed by atoms with Gasteiger partial charge in [0.1, 0.15) is 17.5 Å². The first-order valence-corrected chi connectivity index (χ1v) is 6.87. The van der Waals surface area contributed by atoms with Crippen LogP contribution in [0.5, 0.6) is 0 Å². The number of aromatic nitrogens is 2. The first-order chi connectivity index (χ1) is 9.21. The summed E-state index contributed by atoms with van der Waals surface area (Å²) in [5, 5.41) is 3.24. The van der Waals surface area contributed by atoms with E-state index >= 15 is 0 Å². The van der Waals surface area contributed by atoms with Crippen LogP contribution in [0, 0.1) is 0 Å². The number of rotatable bonds is 5. The minimum absolute atomic E-state index is 0.609. The molecule has 2 aromatic rings. The second kappa shape index (κ2) is 6.49. The van der Waals surface area contributed by atoms with Crippen LogP contribution >= 0.6 is 15.9 Å². The first kappa shape index (κ1) is 13.8. The van der Waals surface area contributed by atoms with Crippen LogP contribution in [0.15, 0.2) is 34.8 Å². The van der Waals surface area contributed by atoms with Gasteiger partial charge in [-0.3, -0.25) is 0 Å². The Hall–Kier alpha value is -1.66. The minimum atomic E-state index is 0.609. The van der Waals surface area contributed by atoms with Crippen LogP contribution in [-0.4, -0.2) is 9.97 Å². The number of hydrogen-bond acceptors (Lipinski definition) is 5. The summed E-state index contributed by atoms with van der Waals surface area (Å²) < 4.78 is 1.04. The molecule has 6 heteroatoms. The fraction of sp³-hybridized carbons (Fsp3) is 0.231. The average molecular weight is 322 g/mol. The Labute approximate surface area is 120 Å². The summed E-state index contributed by atoms with van der Waals surface area (Å²) in [6.07, 6.45) is 1.82. The normalized spacial score (nSPS) is 10.3. The molecule has 0 aliphatic carbocycles. The van der Waals surface area contributed by atoms with Gasteiger partial charge in [-0.1, -0.05) is 22.9 Å². The van der Waals surface area contributed by atoms with Crippen LogP contribution in [-0.2, 0) is 6.42 Å². The van der Waals surface area contributed by atoms with Gasteiger partial charge in [-0.05, 0) is 30.7 Å². The van der Waals surface area contributed by atoms with Crippen molar-refractivity contribution < 1.29 is 0 Å². The van der Waals surface area contributed by atoms with Gasteiger partial charge < -0.3 is 10.7 Å². The SMILES string of the molecule is CCCc1nc(NN)cc(Nc2ccc(Br)cc2)n1. The lowest BCUT2D eigenvalue weighted by Gasteiger charge is -2.09. The summed E-state index contributed by atoms with van der Waals surface area (Å²) in [5.41, 5.74) is 3.53. The number of nitrogens with zero attached hydrogens (tertiary/aromatic N) is 2. The Bertz CT molecular complexity index is 541. The van der Waals surface area contributed by atoms with Gasteiger partial charge in [0.2, 0.25) is 0 Å². The summed E-state index contributed by atoms with van der Waals surface area (Å²) in [6, 6.07) is 9.67. The second-order valence-corrected chi connectivity index (χ2v) is 5.00. The molecule has 2 rings (SSSR count). The molecular formula is C13H16BrN5. The molecule has 4 N–H and O–H groups in total. The molecule has 0 aliphatic heterocycles. The van der Waals surface area contributed by atoms with Gasteiger partial charge in [-0.15, -0.1) is 0 Å². The van der Waals surface area contributed by atoms with Crippen LogP contribution in [0.4, 0.5) is 17.3 Å². The third-order valence-corrected chi connectivity index (χ3v) is 3.04. The van der Waals surface area contributed by atoms with E-state index in [1.54, 1.807) is 6.07 Å². The molecule has 0 amide bonds. The lowest BCUT2D eigenvalue weighted by molar-refractivity contribution is 0.837. The molecule has 1 heterocycles. The molecule has 0 aliphatic rings. The molecule has 0 atom stereocenters. The van der Waals surface area contributed by atoms with Crippen molar-refractivity contribution in [3.63, 3.8) is 0 Å². The number of anilines is 3. The summed E-state index contributed by atoms with van der Waals surface area (Å²) in [7, 11) is 0. The van der Waals surface area contributed by atoms with Crippen molar-refractivity contribution in [2.24, 2.45) is 5.84 Å². The molecular weight excluding hydrogens is 306 g/mol. The molecule has 0 bridgehead atoms. The fourth-order valence-corrected chi connectivity index (χ4v) is 1.92. The van der Waals surface area contributed by atoms with Gasteiger partial charge in [-0.2, -0.15) is 0 Å². The van der Waals surface area contributed by atoms with Crippen molar-refractivity contribution in [2.75, 3.05) is 10.7 Å². The Kier molecular flexibility index (Phi) is 4.70. The molecule has 1 aromatic heterocycles. The lowest BCUT2D eigenvalue weighted by Crippen LogP contribution is -2.11. The molecule has 100 valence electrons. The highest BCUT2D eigenvalue weighted by atomic mass is 79.9. The summed E-state index contributed by atoms with van der Waals surface area (Å²) in [4.78, 5) is 8.76. The van der Waals surface area contributed by atoms with Crippen molar-refractivity contribution in [1.29, 1.82) is 0 Å². The molecule has 0 fully saturated rings. The highest BCUT2D eigenvalue weighted by Gasteiger charge is 2.04. The number of nitrogens with two attached hydrogens (primary N) is 1. The topological polar surface area (TPSA) is 75.9 Å². The van der Waals surface area contributed by atoms with Crippen LogP contribution in [0.3, 0.4) is 0 Å². The van der Waals surface area contributed by atoms with Crippen molar-refractivity contribution in [3.8, 4) is 0 Å². The zero-order chi connectivity index (χ0) is 13.7. The number of halogens is 1. The van der Waals surface area contributed by atoms with E-state index in [1.807, 2.05) is 24.3 Å².